The van der Waals surface area contributed by atoms with Crippen molar-refractivity contribution in [3.05, 3.63) is 39.9 Å². The Hall–Kier alpha value is -1.95. The van der Waals surface area contributed by atoms with Gasteiger partial charge in [-0.3, -0.25) is 14.9 Å². The van der Waals surface area contributed by atoms with E-state index in [4.69, 9.17) is 0 Å². The largest absolute Gasteiger partial charge is 0.352 e. The molecule has 0 aliphatic rings. The molecule has 1 rings (SSSR count). The van der Waals surface area contributed by atoms with Crippen LogP contribution in [0.1, 0.15) is 16.8 Å². The number of amides is 1. The molecule has 0 atom stereocenters. The third-order valence-corrected chi connectivity index (χ3v) is 2.21. The van der Waals surface area contributed by atoms with Gasteiger partial charge in [-0.25, -0.2) is 0 Å². The number of carbonyl (C=O) groups is 1. The van der Waals surface area contributed by atoms with Gasteiger partial charge in [-0.15, -0.1) is 0 Å². The first-order valence-corrected chi connectivity index (χ1v) is 5.32. The smallest absolute Gasteiger partial charge is 0.270 e. The van der Waals surface area contributed by atoms with Crippen molar-refractivity contribution < 1.29 is 9.72 Å². The van der Waals surface area contributed by atoms with Gasteiger partial charge >= 0.3 is 0 Å². The molecule has 0 saturated heterocycles. The van der Waals surface area contributed by atoms with Gasteiger partial charge in [-0.1, -0.05) is 6.07 Å². The van der Waals surface area contributed by atoms with Crippen molar-refractivity contribution >= 4 is 11.6 Å². The quantitative estimate of drug-likeness (QED) is 0.438. The van der Waals surface area contributed by atoms with E-state index in [1.807, 2.05) is 7.05 Å². The maximum absolute atomic E-state index is 11.6. The number of nitrogens with zero attached hydrogens (tertiary/aromatic N) is 1. The van der Waals surface area contributed by atoms with Crippen molar-refractivity contribution in [2.45, 2.75) is 6.42 Å². The Kier molecular flexibility index (Phi) is 5.09. The molecule has 1 amide bonds. The van der Waals surface area contributed by atoms with Crippen molar-refractivity contribution in [1.29, 1.82) is 0 Å². The van der Waals surface area contributed by atoms with E-state index in [2.05, 4.69) is 10.6 Å². The molecule has 6 heteroatoms. The van der Waals surface area contributed by atoms with Crippen LogP contribution in [-0.4, -0.2) is 31.0 Å². The molecule has 92 valence electrons. The highest BCUT2D eigenvalue weighted by Gasteiger charge is 2.10. The normalized spacial score (nSPS) is 9.94. The molecular formula is C11H15N3O3. The summed E-state index contributed by atoms with van der Waals surface area (Å²) in [6, 6.07) is 5.69. The maximum atomic E-state index is 11.6. The van der Waals surface area contributed by atoms with E-state index in [9.17, 15) is 14.9 Å². The molecule has 0 bridgehead atoms. The summed E-state index contributed by atoms with van der Waals surface area (Å²) >= 11 is 0. The minimum atomic E-state index is -0.516. The zero-order valence-electron chi connectivity index (χ0n) is 9.60. The predicted molar refractivity (Wildman–Crippen MR) is 64.0 cm³/mol. The average Bonchev–Trinajstić information content (AvgIpc) is 2.34. The van der Waals surface area contributed by atoms with Crippen LogP contribution in [0.4, 0.5) is 5.69 Å². The third-order valence-electron chi connectivity index (χ3n) is 2.21. The van der Waals surface area contributed by atoms with Crippen molar-refractivity contribution in [3.8, 4) is 0 Å². The molecule has 0 aromatic heterocycles. The van der Waals surface area contributed by atoms with Crippen molar-refractivity contribution in [1.82, 2.24) is 10.6 Å². The fourth-order valence-corrected chi connectivity index (χ4v) is 1.33. The van der Waals surface area contributed by atoms with E-state index in [-0.39, 0.29) is 11.6 Å². The van der Waals surface area contributed by atoms with E-state index < -0.39 is 4.92 Å². The van der Waals surface area contributed by atoms with Crippen LogP contribution in [0.3, 0.4) is 0 Å². The van der Waals surface area contributed by atoms with Crippen molar-refractivity contribution in [2.24, 2.45) is 0 Å². The van der Waals surface area contributed by atoms with Gasteiger partial charge in [-0.05, 0) is 26.1 Å². The van der Waals surface area contributed by atoms with Gasteiger partial charge in [0, 0.05) is 24.2 Å². The number of non-ortho nitro benzene ring substituents is 1. The number of rotatable bonds is 6. The lowest BCUT2D eigenvalue weighted by Gasteiger charge is -2.04. The predicted octanol–water partition coefficient (Wildman–Crippen LogP) is 0.934. The fourth-order valence-electron chi connectivity index (χ4n) is 1.33. The Morgan fingerprint density at radius 2 is 2.18 bits per heavy atom. The molecule has 2 N–H and O–H groups in total. The molecule has 0 radical (unpaired) electrons. The third kappa shape index (κ3) is 4.20. The lowest BCUT2D eigenvalue weighted by Crippen LogP contribution is -2.26. The Bertz CT molecular complexity index is 407. The van der Waals surface area contributed by atoms with E-state index in [0.717, 1.165) is 13.0 Å². The lowest BCUT2D eigenvalue weighted by molar-refractivity contribution is -0.384. The minimum absolute atomic E-state index is 0.0760. The maximum Gasteiger partial charge on any atom is 0.270 e. The monoisotopic (exact) mass is 237 g/mol. The van der Waals surface area contributed by atoms with Gasteiger partial charge in [0.25, 0.3) is 11.6 Å². The molecule has 0 heterocycles. The molecule has 0 aliphatic carbocycles. The zero-order chi connectivity index (χ0) is 12.7. The Balaban J connectivity index is 2.56. The molecule has 0 fully saturated rings. The second-order valence-corrected chi connectivity index (χ2v) is 3.52. The van der Waals surface area contributed by atoms with E-state index in [1.165, 1.54) is 18.2 Å². The van der Waals surface area contributed by atoms with Crippen molar-refractivity contribution in [3.63, 3.8) is 0 Å². The number of nitro benzene ring substituents is 1. The van der Waals surface area contributed by atoms with Crippen LogP contribution >= 0.6 is 0 Å². The SMILES string of the molecule is CNCCCNC(=O)c1cccc([N+](=O)[O-])c1. The van der Waals surface area contributed by atoms with Crippen LogP contribution in [0.15, 0.2) is 24.3 Å². The van der Waals surface area contributed by atoms with Gasteiger partial charge in [0.15, 0.2) is 0 Å². The van der Waals surface area contributed by atoms with Gasteiger partial charge < -0.3 is 10.6 Å². The van der Waals surface area contributed by atoms with E-state index >= 15 is 0 Å². The summed E-state index contributed by atoms with van der Waals surface area (Å²) < 4.78 is 0. The molecule has 0 spiro atoms. The number of nitrogens with one attached hydrogen (secondary N) is 2. The molecule has 6 nitrogen and oxygen atoms in total. The highest BCUT2D eigenvalue weighted by Crippen LogP contribution is 2.12. The molecular weight excluding hydrogens is 222 g/mol. The Morgan fingerprint density at radius 1 is 1.41 bits per heavy atom. The first-order valence-electron chi connectivity index (χ1n) is 5.32. The molecule has 1 aromatic rings. The van der Waals surface area contributed by atoms with Crippen LogP contribution in [0.25, 0.3) is 0 Å². The topological polar surface area (TPSA) is 84.3 Å². The highest BCUT2D eigenvalue weighted by atomic mass is 16.6. The summed E-state index contributed by atoms with van der Waals surface area (Å²) in [6.07, 6.45) is 0.817. The molecule has 0 unspecified atom stereocenters. The standard InChI is InChI=1S/C11H15N3O3/c1-12-6-3-7-13-11(15)9-4-2-5-10(8-9)14(16)17/h2,4-5,8,12H,3,6-7H2,1H3,(H,13,15). The van der Waals surface area contributed by atoms with E-state index in [0.29, 0.717) is 12.1 Å². The van der Waals surface area contributed by atoms with Crippen LogP contribution in [0, 0.1) is 10.1 Å². The fraction of sp³-hybridized carbons (Fsp3) is 0.364. The summed E-state index contributed by atoms with van der Waals surface area (Å²) in [5.74, 6) is -0.287. The van der Waals surface area contributed by atoms with Gasteiger partial charge in [0.2, 0.25) is 0 Å². The summed E-state index contributed by atoms with van der Waals surface area (Å²) in [7, 11) is 1.84. The van der Waals surface area contributed by atoms with Gasteiger partial charge in [0.1, 0.15) is 0 Å². The molecule has 1 aromatic carbocycles. The number of carbonyl (C=O) groups excluding carboxylic acids is 1. The number of nitro groups is 1. The Morgan fingerprint density at radius 3 is 2.82 bits per heavy atom. The summed E-state index contributed by atoms with van der Waals surface area (Å²) in [5.41, 5.74) is 0.233. The average molecular weight is 237 g/mol. The van der Waals surface area contributed by atoms with Crippen molar-refractivity contribution in [2.75, 3.05) is 20.1 Å². The molecule has 17 heavy (non-hydrogen) atoms. The van der Waals surface area contributed by atoms with Crippen LogP contribution < -0.4 is 10.6 Å². The molecule has 0 saturated carbocycles. The molecule has 0 aliphatic heterocycles. The van der Waals surface area contributed by atoms with Gasteiger partial charge in [-0.2, -0.15) is 0 Å². The lowest BCUT2D eigenvalue weighted by atomic mass is 10.2. The van der Waals surface area contributed by atoms with E-state index in [1.54, 1.807) is 6.07 Å². The van der Waals surface area contributed by atoms with Crippen LogP contribution in [0.5, 0.6) is 0 Å². The Labute approximate surface area is 99.2 Å². The summed E-state index contributed by atoms with van der Waals surface area (Å²) in [5, 5.41) is 16.2. The number of hydrogen-bond donors (Lipinski definition) is 2. The number of hydrogen-bond acceptors (Lipinski definition) is 4. The number of benzene rings is 1. The summed E-state index contributed by atoms with van der Waals surface area (Å²) in [4.78, 5) is 21.7. The van der Waals surface area contributed by atoms with Crippen LogP contribution in [0.2, 0.25) is 0 Å². The summed E-state index contributed by atoms with van der Waals surface area (Å²) in [6.45, 7) is 1.36. The first kappa shape index (κ1) is 13.1. The second kappa shape index (κ2) is 6.59. The minimum Gasteiger partial charge on any atom is -0.352 e. The second-order valence-electron chi connectivity index (χ2n) is 3.52. The van der Waals surface area contributed by atoms with Gasteiger partial charge in [0.05, 0.1) is 4.92 Å². The van der Waals surface area contributed by atoms with Crippen LogP contribution in [-0.2, 0) is 0 Å². The highest BCUT2D eigenvalue weighted by molar-refractivity contribution is 5.94. The first-order chi connectivity index (χ1) is 8.15. The zero-order valence-corrected chi connectivity index (χ0v) is 9.60.